The molecule has 58 valence electrons. The summed E-state index contributed by atoms with van der Waals surface area (Å²) in [5, 5.41) is 5.60. The van der Waals surface area contributed by atoms with Gasteiger partial charge in [0.05, 0.1) is 13.0 Å². The van der Waals surface area contributed by atoms with Gasteiger partial charge in [0.25, 0.3) is 5.91 Å². The number of nitrogens with zero attached hydrogens (tertiary/aromatic N) is 2. The zero-order valence-electron chi connectivity index (χ0n) is 6.09. The highest BCUT2D eigenvalue weighted by molar-refractivity contribution is 5.98. The quantitative estimate of drug-likeness (QED) is 0.528. The number of anilines is 1. The maximum atomic E-state index is 11.2. The minimum atomic E-state index is -0.0706. The van der Waals surface area contributed by atoms with Gasteiger partial charge in [0.1, 0.15) is 0 Å². The van der Waals surface area contributed by atoms with Gasteiger partial charge >= 0.3 is 0 Å². The molecule has 2 heterocycles. The van der Waals surface area contributed by atoms with Gasteiger partial charge < -0.3 is 15.2 Å². The fourth-order valence-electron chi connectivity index (χ4n) is 1.12. The van der Waals surface area contributed by atoms with E-state index in [1.807, 2.05) is 0 Å². The number of carbonyl (C=O) groups excluding carboxylic acids is 1. The molecule has 0 bridgehead atoms. The number of imidazole rings is 1. The second kappa shape index (κ2) is 1.98. The number of amides is 1. The molecule has 0 saturated carbocycles. The van der Waals surface area contributed by atoms with Crippen molar-refractivity contribution in [1.82, 2.24) is 14.9 Å². The normalized spacial score (nSPS) is 15.2. The minimum Gasteiger partial charge on any atom is -0.351 e. The van der Waals surface area contributed by atoms with Crippen LogP contribution in [0.2, 0.25) is 0 Å². The Morgan fingerprint density at radius 1 is 1.64 bits per heavy atom. The number of fused-ring (bicyclic) bond motifs is 1. The van der Waals surface area contributed by atoms with Gasteiger partial charge in [0.2, 0.25) is 0 Å². The molecule has 2 N–H and O–H groups in total. The van der Waals surface area contributed by atoms with Crippen LogP contribution in [0.3, 0.4) is 0 Å². The first kappa shape index (κ1) is 6.21. The van der Waals surface area contributed by atoms with E-state index in [0.29, 0.717) is 18.2 Å². The van der Waals surface area contributed by atoms with Crippen LogP contribution >= 0.6 is 0 Å². The standard InChI is InChI=1S/C6H8N4O/c1-10-3-9-5-4(10)6(11)8-2-7-5/h3,7H,2H2,1H3,(H,8,11). The number of aromatic nitrogens is 2. The molecule has 5 nitrogen and oxygen atoms in total. The SMILES string of the molecule is Cn1cnc2c1C(=O)NCN2. The van der Waals surface area contributed by atoms with E-state index in [-0.39, 0.29) is 5.91 Å². The summed E-state index contributed by atoms with van der Waals surface area (Å²) in [7, 11) is 1.79. The van der Waals surface area contributed by atoms with Crippen molar-refractivity contribution in [1.29, 1.82) is 0 Å². The first-order valence-corrected chi connectivity index (χ1v) is 3.32. The fraction of sp³-hybridized carbons (Fsp3) is 0.333. The molecule has 0 aromatic carbocycles. The summed E-state index contributed by atoms with van der Waals surface area (Å²) in [5.41, 5.74) is 0.594. The molecule has 0 fully saturated rings. The van der Waals surface area contributed by atoms with Crippen LogP contribution in [0.25, 0.3) is 0 Å². The van der Waals surface area contributed by atoms with Gasteiger partial charge in [-0.15, -0.1) is 0 Å². The Balaban J connectivity index is 2.56. The van der Waals surface area contributed by atoms with Gasteiger partial charge in [-0.05, 0) is 0 Å². The van der Waals surface area contributed by atoms with Crippen molar-refractivity contribution in [2.45, 2.75) is 0 Å². The van der Waals surface area contributed by atoms with Crippen molar-refractivity contribution in [3.05, 3.63) is 12.0 Å². The van der Waals surface area contributed by atoms with Crippen molar-refractivity contribution in [3.8, 4) is 0 Å². The monoisotopic (exact) mass is 152 g/mol. The first-order valence-electron chi connectivity index (χ1n) is 3.32. The van der Waals surface area contributed by atoms with E-state index < -0.39 is 0 Å². The summed E-state index contributed by atoms with van der Waals surface area (Å²) < 4.78 is 1.69. The topological polar surface area (TPSA) is 59.0 Å². The van der Waals surface area contributed by atoms with E-state index in [0.717, 1.165) is 0 Å². The van der Waals surface area contributed by atoms with Crippen LogP contribution in [0.15, 0.2) is 6.33 Å². The Hall–Kier alpha value is -1.52. The van der Waals surface area contributed by atoms with Gasteiger partial charge in [-0.2, -0.15) is 0 Å². The number of aryl methyl sites for hydroxylation is 1. The van der Waals surface area contributed by atoms with Crippen LogP contribution in [-0.4, -0.2) is 22.1 Å². The minimum absolute atomic E-state index is 0.0706. The van der Waals surface area contributed by atoms with Crippen LogP contribution < -0.4 is 10.6 Å². The molecule has 2 rings (SSSR count). The fourth-order valence-corrected chi connectivity index (χ4v) is 1.12. The van der Waals surface area contributed by atoms with E-state index in [9.17, 15) is 4.79 Å². The van der Waals surface area contributed by atoms with E-state index in [2.05, 4.69) is 15.6 Å². The maximum absolute atomic E-state index is 11.2. The zero-order chi connectivity index (χ0) is 7.84. The lowest BCUT2D eigenvalue weighted by Crippen LogP contribution is -2.35. The van der Waals surface area contributed by atoms with Crippen LogP contribution in [0.1, 0.15) is 10.5 Å². The van der Waals surface area contributed by atoms with Crippen LogP contribution in [0.4, 0.5) is 5.82 Å². The van der Waals surface area contributed by atoms with Crippen LogP contribution in [0, 0.1) is 0 Å². The predicted molar refractivity (Wildman–Crippen MR) is 39.2 cm³/mol. The zero-order valence-corrected chi connectivity index (χ0v) is 6.09. The van der Waals surface area contributed by atoms with E-state index in [4.69, 9.17) is 0 Å². The largest absolute Gasteiger partial charge is 0.351 e. The Bertz CT molecular complexity index is 304. The Morgan fingerprint density at radius 2 is 2.45 bits per heavy atom. The van der Waals surface area contributed by atoms with Gasteiger partial charge in [-0.25, -0.2) is 4.98 Å². The molecule has 1 amide bonds. The number of carbonyl (C=O) groups is 1. The number of hydrogen-bond donors (Lipinski definition) is 2. The van der Waals surface area contributed by atoms with Gasteiger partial charge in [0.15, 0.2) is 11.5 Å². The third-order valence-electron chi connectivity index (χ3n) is 1.66. The lowest BCUT2D eigenvalue weighted by atomic mass is 10.3. The summed E-state index contributed by atoms with van der Waals surface area (Å²) in [5.74, 6) is 0.593. The van der Waals surface area contributed by atoms with E-state index in [1.54, 1.807) is 17.9 Å². The second-order valence-electron chi connectivity index (χ2n) is 2.41. The Kier molecular flexibility index (Phi) is 1.12. The van der Waals surface area contributed by atoms with Gasteiger partial charge in [-0.1, -0.05) is 0 Å². The van der Waals surface area contributed by atoms with Crippen molar-refractivity contribution in [2.75, 3.05) is 12.0 Å². The molecule has 5 heteroatoms. The molecule has 1 aliphatic rings. The molecule has 11 heavy (non-hydrogen) atoms. The molecule has 0 atom stereocenters. The third kappa shape index (κ3) is 0.772. The summed E-state index contributed by atoms with van der Waals surface area (Å²) in [4.78, 5) is 15.2. The first-order chi connectivity index (χ1) is 5.29. The van der Waals surface area contributed by atoms with Crippen molar-refractivity contribution in [3.63, 3.8) is 0 Å². The summed E-state index contributed by atoms with van der Waals surface area (Å²) in [6, 6.07) is 0. The van der Waals surface area contributed by atoms with E-state index >= 15 is 0 Å². The highest BCUT2D eigenvalue weighted by Gasteiger charge is 2.20. The molecule has 0 unspecified atom stereocenters. The van der Waals surface area contributed by atoms with Gasteiger partial charge in [0, 0.05) is 7.05 Å². The van der Waals surface area contributed by atoms with Crippen molar-refractivity contribution >= 4 is 11.7 Å². The summed E-state index contributed by atoms with van der Waals surface area (Å²) in [6.45, 7) is 0.461. The Labute approximate surface area is 63.4 Å². The van der Waals surface area contributed by atoms with Gasteiger partial charge in [-0.3, -0.25) is 4.79 Å². The maximum Gasteiger partial charge on any atom is 0.273 e. The summed E-state index contributed by atoms with van der Waals surface area (Å²) >= 11 is 0. The van der Waals surface area contributed by atoms with Crippen LogP contribution in [0.5, 0.6) is 0 Å². The average molecular weight is 152 g/mol. The average Bonchev–Trinajstić information content (AvgIpc) is 2.34. The highest BCUT2D eigenvalue weighted by Crippen LogP contribution is 2.13. The molecular formula is C6H8N4O. The number of nitrogens with one attached hydrogen (secondary N) is 2. The Morgan fingerprint density at radius 3 is 3.18 bits per heavy atom. The molecule has 0 aliphatic carbocycles. The lowest BCUT2D eigenvalue weighted by Gasteiger charge is -2.14. The smallest absolute Gasteiger partial charge is 0.273 e. The highest BCUT2D eigenvalue weighted by atomic mass is 16.2. The molecule has 1 aromatic rings. The summed E-state index contributed by atoms with van der Waals surface area (Å²) in [6.07, 6.45) is 1.61. The molecule has 1 aliphatic heterocycles. The molecule has 0 spiro atoms. The number of hydrogen-bond acceptors (Lipinski definition) is 3. The third-order valence-corrected chi connectivity index (χ3v) is 1.66. The van der Waals surface area contributed by atoms with Crippen LogP contribution in [-0.2, 0) is 7.05 Å². The molecule has 1 aromatic heterocycles. The van der Waals surface area contributed by atoms with Crippen molar-refractivity contribution < 1.29 is 4.79 Å². The number of rotatable bonds is 0. The predicted octanol–water partition coefficient (Wildman–Crippen LogP) is -0.467. The lowest BCUT2D eigenvalue weighted by molar-refractivity contribution is 0.0944. The second-order valence-corrected chi connectivity index (χ2v) is 2.41. The molecule has 0 radical (unpaired) electrons. The molecule has 0 saturated heterocycles. The van der Waals surface area contributed by atoms with Crippen molar-refractivity contribution in [2.24, 2.45) is 7.05 Å². The van der Waals surface area contributed by atoms with E-state index in [1.165, 1.54) is 0 Å². The molecular weight excluding hydrogens is 144 g/mol.